The first-order valence-corrected chi connectivity index (χ1v) is 9.86. The molecule has 1 amide bonds. The number of aryl methyl sites for hydroxylation is 3. The van der Waals surface area contributed by atoms with Crippen LogP contribution < -0.4 is 5.32 Å². The lowest BCUT2D eigenvalue weighted by Gasteiger charge is -2.08. The van der Waals surface area contributed by atoms with Gasteiger partial charge >= 0.3 is 0 Å². The van der Waals surface area contributed by atoms with E-state index in [2.05, 4.69) is 41.6 Å². The molecule has 0 bridgehead atoms. The zero-order valence-corrected chi connectivity index (χ0v) is 16.7. The van der Waals surface area contributed by atoms with Crippen molar-refractivity contribution in [3.8, 4) is 16.4 Å². The van der Waals surface area contributed by atoms with Crippen molar-refractivity contribution in [2.24, 2.45) is 0 Å². The fourth-order valence-corrected chi connectivity index (χ4v) is 3.76. The van der Waals surface area contributed by atoms with Gasteiger partial charge in [-0.05, 0) is 32.4 Å². The van der Waals surface area contributed by atoms with E-state index in [0.717, 1.165) is 22.5 Å². The molecular formula is C22H20N4OS. The highest BCUT2D eigenvalue weighted by Crippen LogP contribution is 2.27. The van der Waals surface area contributed by atoms with E-state index in [1.807, 2.05) is 49.6 Å². The molecule has 4 aromatic rings. The van der Waals surface area contributed by atoms with Crippen LogP contribution in [0.3, 0.4) is 0 Å². The molecule has 0 aliphatic rings. The Labute approximate surface area is 167 Å². The van der Waals surface area contributed by atoms with Gasteiger partial charge in [-0.1, -0.05) is 48.0 Å². The summed E-state index contributed by atoms with van der Waals surface area (Å²) < 4.78 is 1.69. The maximum absolute atomic E-state index is 12.7. The van der Waals surface area contributed by atoms with Gasteiger partial charge in [-0.3, -0.25) is 4.79 Å². The number of aromatic nitrogens is 3. The van der Waals surface area contributed by atoms with Crippen molar-refractivity contribution in [3.63, 3.8) is 0 Å². The summed E-state index contributed by atoms with van der Waals surface area (Å²) in [5, 5.41) is 10.2. The number of nitrogens with one attached hydrogen (secondary N) is 1. The highest BCUT2D eigenvalue weighted by atomic mass is 32.1. The number of carbonyl (C=O) groups is 1. The van der Waals surface area contributed by atoms with E-state index < -0.39 is 0 Å². The molecule has 28 heavy (non-hydrogen) atoms. The molecule has 0 radical (unpaired) electrons. The Morgan fingerprint density at radius 3 is 2.54 bits per heavy atom. The Hall–Kier alpha value is -3.25. The Kier molecular flexibility index (Phi) is 4.79. The molecule has 0 saturated carbocycles. The SMILES string of the molecule is Cc1ccc(-c2csc(-n3nc(C)cc3NC(=O)c3ccccc3C)n2)cc1. The summed E-state index contributed by atoms with van der Waals surface area (Å²) in [5.74, 6) is 0.449. The van der Waals surface area contributed by atoms with E-state index in [1.165, 1.54) is 16.9 Å². The van der Waals surface area contributed by atoms with Crippen LogP contribution in [0, 0.1) is 20.8 Å². The van der Waals surface area contributed by atoms with E-state index in [4.69, 9.17) is 4.98 Å². The van der Waals surface area contributed by atoms with Crippen molar-refractivity contribution in [1.29, 1.82) is 0 Å². The number of hydrogen-bond acceptors (Lipinski definition) is 4. The molecular weight excluding hydrogens is 368 g/mol. The van der Waals surface area contributed by atoms with E-state index in [-0.39, 0.29) is 5.91 Å². The maximum atomic E-state index is 12.7. The molecule has 0 spiro atoms. The maximum Gasteiger partial charge on any atom is 0.257 e. The zero-order valence-electron chi connectivity index (χ0n) is 15.9. The molecule has 0 unspecified atom stereocenters. The quantitative estimate of drug-likeness (QED) is 0.524. The topological polar surface area (TPSA) is 59.8 Å². The first kappa shape index (κ1) is 18.1. The summed E-state index contributed by atoms with van der Waals surface area (Å²) in [6.45, 7) is 5.88. The smallest absolute Gasteiger partial charge is 0.257 e. The van der Waals surface area contributed by atoms with Crippen molar-refractivity contribution in [1.82, 2.24) is 14.8 Å². The molecule has 0 fully saturated rings. The van der Waals surface area contributed by atoms with Crippen molar-refractivity contribution in [2.75, 3.05) is 5.32 Å². The van der Waals surface area contributed by atoms with Crippen LogP contribution in [0.2, 0.25) is 0 Å². The monoisotopic (exact) mass is 388 g/mol. The van der Waals surface area contributed by atoms with Crippen LogP contribution >= 0.6 is 11.3 Å². The lowest BCUT2D eigenvalue weighted by molar-refractivity contribution is 0.102. The highest BCUT2D eigenvalue weighted by Gasteiger charge is 2.16. The minimum absolute atomic E-state index is 0.158. The van der Waals surface area contributed by atoms with E-state index >= 15 is 0 Å². The molecule has 2 aromatic carbocycles. The van der Waals surface area contributed by atoms with Gasteiger partial charge < -0.3 is 5.32 Å². The van der Waals surface area contributed by atoms with Crippen LogP contribution in [-0.2, 0) is 0 Å². The lowest BCUT2D eigenvalue weighted by Crippen LogP contribution is -2.16. The fourth-order valence-electron chi connectivity index (χ4n) is 2.96. The number of rotatable bonds is 4. The molecule has 0 aliphatic heterocycles. The van der Waals surface area contributed by atoms with E-state index in [0.29, 0.717) is 16.5 Å². The van der Waals surface area contributed by atoms with Crippen LogP contribution in [0.4, 0.5) is 5.82 Å². The summed E-state index contributed by atoms with van der Waals surface area (Å²) in [5.41, 5.74) is 5.55. The minimum atomic E-state index is -0.158. The summed E-state index contributed by atoms with van der Waals surface area (Å²) in [7, 11) is 0. The first-order chi connectivity index (χ1) is 13.5. The van der Waals surface area contributed by atoms with Crippen molar-refractivity contribution < 1.29 is 4.79 Å². The average Bonchev–Trinajstić information content (AvgIpc) is 3.29. The number of nitrogens with zero attached hydrogens (tertiary/aromatic N) is 3. The number of hydrogen-bond donors (Lipinski definition) is 1. The summed E-state index contributed by atoms with van der Waals surface area (Å²) in [6.07, 6.45) is 0. The second kappa shape index (κ2) is 7.40. The third kappa shape index (κ3) is 3.59. The average molecular weight is 388 g/mol. The Morgan fingerprint density at radius 2 is 1.79 bits per heavy atom. The van der Waals surface area contributed by atoms with Crippen LogP contribution in [-0.4, -0.2) is 20.7 Å². The van der Waals surface area contributed by atoms with E-state index in [9.17, 15) is 4.79 Å². The predicted octanol–water partition coefficient (Wildman–Crippen LogP) is 5.17. The molecule has 0 atom stereocenters. The third-order valence-electron chi connectivity index (χ3n) is 4.48. The second-order valence-electron chi connectivity index (χ2n) is 6.73. The number of carbonyl (C=O) groups excluding carboxylic acids is 1. The molecule has 140 valence electrons. The zero-order chi connectivity index (χ0) is 19.7. The van der Waals surface area contributed by atoms with Gasteiger partial charge in [0.05, 0.1) is 11.4 Å². The third-order valence-corrected chi connectivity index (χ3v) is 5.30. The molecule has 1 N–H and O–H groups in total. The van der Waals surface area contributed by atoms with Gasteiger partial charge in [0.2, 0.25) is 5.13 Å². The lowest BCUT2D eigenvalue weighted by atomic mass is 10.1. The van der Waals surface area contributed by atoms with Gasteiger partial charge in [0.15, 0.2) is 0 Å². The summed E-state index contributed by atoms with van der Waals surface area (Å²) >= 11 is 1.49. The molecule has 0 aliphatic carbocycles. The van der Waals surface area contributed by atoms with Gasteiger partial charge in [0.25, 0.3) is 5.91 Å². The van der Waals surface area contributed by atoms with Crippen molar-refractivity contribution in [2.45, 2.75) is 20.8 Å². The standard InChI is InChI=1S/C22H20N4OS/c1-14-8-10-17(11-9-14)19-13-28-22(23-19)26-20(12-16(3)25-26)24-21(27)18-7-5-4-6-15(18)2/h4-13H,1-3H3,(H,24,27). The largest absolute Gasteiger partial charge is 0.306 e. The number of thiazole rings is 1. The predicted molar refractivity (Wildman–Crippen MR) is 113 cm³/mol. The Morgan fingerprint density at radius 1 is 1.04 bits per heavy atom. The Bertz CT molecular complexity index is 1140. The molecule has 0 saturated heterocycles. The summed E-state index contributed by atoms with van der Waals surface area (Å²) in [6, 6.07) is 17.6. The van der Waals surface area contributed by atoms with Gasteiger partial charge in [-0.25, -0.2) is 4.98 Å². The first-order valence-electron chi connectivity index (χ1n) is 8.98. The molecule has 4 rings (SSSR count). The van der Waals surface area contributed by atoms with Gasteiger partial charge in [0, 0.05) is 22.6 Å². The van der Waals surface area contributed by atoms with Crippen LogP contribution in [0.25, 0.3) is 16.4 Å². The number of anilines is 1. The van der Waals surface area contributed by atoms with E-state index in [1.54, 1.807) is 4.68 Å². The minimum Gasteiger partial charge on any atom is -0.306 e. The number of benzene rings is 2. The molecule has 2 aromatic heterocycles. The van der Waals surface area contributed by atoms with Crippen molar-refractivity contribution >= 4 is 23.1 Å². The molecule has 5 nitrogen and oxygen atoms in total. The highest BCUT2D eigenvalue weighted by molar-refractivity contribution is 7.12. The van der Waals surface area contributed by atoms with Crippen LogP contribution in [0.1, 0.15) is 27.2 Å². The van der Waals surface area contributed by atoms with Crippen molar-refractivity contribution in [3.05, 3.63) is 82.4 Å². The van der Waals surface area contributed by atoms with Crippen LogP contribution in [0.15, 0.2) is 60.0 Å². The second-order valence-corrected chi connectivity index (χ2v) is 7.57. The number of amides is 1. The molecule has 2 heterocycles. The van der Waals surface area contributed by atoms with Gasteiger partial charge in [-0.15, -0.1) is 11.3 Å². The normalized spacial score (nSPS) is 10.8. The van der Waals surface area contributed by atoms with Crippen LogP contribution in [0.5, 0.6) is 0 Å². The summed E-state index contributed by atoms with van der Waals surface area (Å²) in [4.78, 5) is 17.4. The van der Waals surface area contributed by atoms with Gasteiger partial charge in [0.1, 0.15) is 5.82 Å². The fraction of sp³-hybridized carbons (Fsp3) is 0.136. The Balaban J connectivity index is 1.64. The molecule has 6 heteroatoms. The van der Waals surface area contributed by atoms with Gasteiger partial charge in [-0.2, -0.15) is 9.78 Å².